The van der Waals surface area contributed by atoms with Gasteiger partial charge in [0.2, 0.25) is 5.91 Å². The van der Waals surface area contributed by atoms with Crippen LogP contribution in [0.25, 0.3) is 0 Å². The van der Waals surface area contributed by atoms with Crippen LogP contribution in [0.3, 0.4) is 0 Å². The van der Waals surface area contributed by atoms with Crippen LogP contribution in [0.15, 0.2) is 18.2 Å². The quantitative estimate of drug-likeness (QED) is 0.838. The molecule has 2 unspecified atom stereocenters. The van der Waals surface area contributed by atoms with E-state index in [0.29, 0.717) is 29.0 Å². The van der Waals surface area contributed by atoms with E-state index in [4.69, 9.17) is 17.3 Å². The summed E-state index contributed by atoms with van der Waals surface area (Å²) in [6.07, 6.45) is 4.92. The molecule has 0 aliphatic heterocycles. The summed E-state index contributed by atoms with van der Waals surface area (Å²) in [6.45, 7) is 2.69. The zero-order valence-electron chi connectivity index (χ0n) is 12.7. The van der Waals surface area contributed by atoms with E-state index in [-0.39, 0.29) is 5.91 Å². The number of likely N-dealkylation sites (N-methyl/N-ethyl adjacent to an activating group) is 1. The molecule has 0 aromatic heterocycles. The van der Waals surface area contributed by atoms with Gasteiger partial charge < -0.3 is 11.1 Å². The molecule has 2 atom stereocenters. The Morgan fingerprint density at radius 2 is 2.24 bits per heavy atom. The van der Waals surface area contributed by atoms with E-state index in [0.717, 1.165) is 5.92 Å². The standard InChI is InChI=1S/C16H24ClN3O/c1-11-4-3-5-13(8-11)20(2)10-16(21)19-12-6-7-14(17)15(18)9-12/h6-7,9,11,13H,3-5,8,10,18H2,1-2H3,(H,19,21). The molecule has 1 aliphatic carbocycles. The van der Waals surface area contributed by atoms with E-state index in [2.05, 4.69) is 17.1 Å². The van der Waals surface area contributed by atoms with Gasteiger partial charge in [-0.05, 0) is 44.0 Å². The molecule has 2 rings (SSSR count). The molecule has 1 fully saturated rings. The molecule has 1 saturated carbocycles. The summed E-state index contributed by atoms with van der Waals surface area (Å²) in [5.74, 6) is 0.739. The van der Waals surface area contributed by atoms with Crippen molar-refractivity contribution < 1.29 is 4.79 Å². The van der Waals surface area contributed by atoms with Crippen LogP contribution in [-0.4, -0.2) is 30.4 Å². The molecule has 1 aromatic carbocycles. The van der Waals surface area contributed by atoms with Crippen molar-refractivity contribution in [2.45, 2.75) is 38.6 Å². The highest BCUT2D eigenvalue weighted by Crippen LogP contribution is 2.26. The minimum Gasteiger partial charge on any atom is -0.397 e. The van der Waals surface area contributed by atoms with Crippen LogP contribution in [0.1, 0.15) is 32.6 Å². The highest BCUT2D eigenvalue weighted by atomic mass is 35.5. The zero-order valence-corrected chi connectivity index (χ0v) is 13.5. The lowest BCUT2D eigenvalue weighted by molar-refractivity contribution is -0.117. The first-order valence-electron chi connectivity index (χ1n) is 7.51. The Kier molecular flexibility index (Phi) is 5.48. The Hall–Kier alpha value is -1.26. The molecule has 0 bridgehead atoms. The van der Waals surface area contributed by atoms with Gasteiger partial charge in [-0.1, -0.05) is 31.4 Å². The summed E-state index contributed by atoms with van der Waals surface area (Å²) in [7, 11) is 2.03. The number of amides is 1. The van der Waals surface area contributed by atoms with Crippen LogP contribution in [0, 0.1) is 5.92 Å². The Bertz CT molecular complexity index is 506. The van der Waals surface area contributed by atoms with Crippen molar-refractivity contribution in [2.24, 2.45) is 5.92 Å². The third kappa shape index (κ3) is 4.61. The minimum atomic E-state index is -0.0163. The number of carbonyl (C=O) groups is 1. The topological polar surface area (TPSA) is 58.4 Å². The van der Waals surface area contributed by atoms with Crippen LogP contribution < -0.4 is 11.1 Å². The van der Waals surface area contributed by atoms with Crippen molar-refractivity contribution in [2.75, 3.05) is 24.6 Å². The van der Waals surface area contributed by atoms with Crippen LogP contribution in [0.5, 0.6) is 0 Å². The number of carbonyl (C=O) groups excluding carboxylic acids is 1. The Morgan fingerprint density at radius 3 is 2.90 bits per heavy atom. The number of benzene rings is 1. The van der Waals surface area contributed by atoms with Crippen LogP contribution in [-0.2, 0) is 4.79 Å². The maximum absolute atomic E-state index is 12.1. The highest BCUT2D eigenvalue weighted by Gasteiger charge is 2.23. The van der Waals surface area contributed by atoms with E-state index in [9.17, 15) is 4.79 Å². The van der Waals surface area contributed by atoms with Crippen molar-refractivity contribution in [1.82, 2.24) is 4.90 Å². The molecule has 5 heteroatoms. The molecule has 1 aliphatic rings. The van der Waals surface area contributed by atoms with Gasteiger partial charge in [-0.15, -0.1) is 0 Å². The summed E-state index contributed by atoms with van der Waals surface area (Å²) in [5.41, 5.74) is 6.90. The van der Waals surface area contributed by atoms with Gasteiger partial charge in [-0.3, -0.25) is 9.69 Å². The highest BCUT2D eigenvalue weighted by molar-refractivity contribution is 6.33. The van der Waals surface area contributed by atoms with Crippen molar-refractivity contribution >= 4 is 28.9 Å². The maximum atomic E-state index is 12.1. The third-order valence-electron chi connectivity index (χ3n) is 4.20. The second-order valence-electron chi connectivity index (χ2n) is 6.13. The fourth-order valence-electron chi connectivity index (χ4n) is 2.98. The SMILES string of the molecule is CC1CCCC(N(C)CC(=O)Nc2ccc(Cl)c(N)c2)C1. The Morgan fingerprint density at radius 1 is 1.48 bits per heavy atom. The molecule has 21 heavy (non-hydrogen) atoms. The number of nitrogens with zero attached hydrogens (tertiary/aromatic N) is 1. The molecule has 0 heterocycles. The molecule has 1 aromatic rings. The van der Waals surface area contributed by atoms with Gasteiger partial charge in [0.15, 0.2) is 0 Å². The average Bonchev–Trinajstić information content (AvgIpc) is 2.43. The molecule has 0 radical (unpaired) electrons. The van der Waals surface area contributed by atoms with Crippen LogP contribution in [0.2, 0.25) is 5.02 Å². The van der Waals surface area contributed by atoms with Gasteiger partial charge in [0.1, 0.15) is 0 Å². The first kappa shape index (κ1) is 16.1. The number of nitrogens with one attached hydrogen (secondary N) is 1. The number of anilines is 2. The second kappa shape index (κ2) is 7.14. The predicted molar refractivity (Wildman–Crippen MR) is 88.5 cm³/mol. The average molecular weight is 310 g/mol. The number of rotatable bonds is 4. The smallest absolute Gasteiger partial charge is 0.238 e. The van der Waals surface area contributed by atoms with Gasteiger partial charge in [-0.2, -0.15) is 0 Å². The lowest BCUT2D eigenvalue weighted by atomic mass is 9.86. The molecule has 116 valence electrons. The Balaban J connectivity index is 1.87. The van der Waals surface area contributed by atoms with Crippen LogP contribution in [0.4, 0.5) is 11.4 Å². The van der Waals surface area contributed by atoms with Crippen molar-refractivity contribution in [3.05, 3.63) is 23.2 Å². The van der Waals surface area contributed by atoms with E-state index < -0.39 is 0 Å². The molecular weight excluding hydrogens is 286 g/mol. The fraction of sp³-hybridized carbons (Fsp3) is 0.562. The molecule has 0 spiro atoms. The molecule has 0 saturated heterocycles. The summed E-state index contributed by atoms with van der Waals surface area (Å²) >= 11 is 5.87. The number of hydrogen-bond donors (Lipinski definition) is 2. The fourth-order valence-corrected chi connectivity index (χ4v) is 3.10. The minimum absolute atomic E-state index is 0.0163. The van der Waals surface area contributed by atoms with Crippen molar-refractivity contribution in [1.29, 1.82) is 0 Å². The van der Waals surface area contributed by atoms with Gasteiger partial charge in [-0.25, -0.2) is 0 Å². The van der Waals surface area contributed by atoms with E-state index in [1.165, 1.54) is 25.7 Å². The normalized spacial score (nSPS) is 22.3. The number of nitrogen functional groups attached to an aromatic ring is 1. The number of nitrogens with two attached hydrogens (primary N) is 1. The summed E-state index contributed by atoms with van der Waals surface area (Å²) < 4.78 is 0. The van der Waals surface area contributed by atoms with Gasteiger partial charge >= 0.3 is 0 Å². The number of hydrogen-bond acceptors (Lipinski definition) is 3. The third-order valence-corrected chi connectivity index (χ3v) is 4.55. The van der Waals surface area contributed by atoms with E-state index in [1.807, 2.05) is 7.05 Å². The summed E-state index contributed by atoms with van der Waals surface area (Å²) in [5, 5.41) is 3.37. The summed E-state index contributed by atoms with van der Waals surface area (Å²) in [6, 6.07) is 5.65. The van der Waals surface area contributed by atoms with E-state index >= 15 is 0 Å². The predicted octanol–water partition coefficient (Wildman–Crippen LogP) is 3.37. The number of halogens is 1. The van der Waals surface area contributed by atoms with E-state index in [1.54, 1.807) is 18.2 Å². The first-order valence-corrected chi connectivity index (χ1v) is 7.88. The largest absolute Gasteiger partial charge is 0.397 e. The summed E-state index contributed by atoms with van der Waals surface area (Å²) in [4.78, 5) is 14.3. The first-order chi connectivity index (χ1) is 9.95. The zero-order chi connectivity index (χ0) is 15.4. The lowest BCUT2D eigenvalue weighted by Crippen LogP contribution is -2.40. The lowest BCUT2D eigenvalue weighted by Gasteiger charge is -2.33. The molecule has 4 nitrogen and oxygen atoms in total. The van der Waals surface area contributed by atoms with Crippen molar-refractivity contribution in [3.8, 4) is 0 Å². The Labute approximate surface area is 131 Å². The monoisotopic (exact) mass is 309 g/mol. The van der Waals surface area contributed by atoms with Crippen molar-refractivity contribution in [3.63, 3.8) is 0 Å². The maximum Gasteiger partial charge on any atom is 0.238 e. The van der Waals surface area contributed by atoms with Gasteiger partial charge in [0.05, 0.1) is 17.3 Å². The van der Waals surface area contributed by atoms with Gasteiger partial charge in [0.25, 0.3) is 0 Å². The second-order valence-corrected chi connectivity index (χ2v) is 6.53. The molecule has 3 N–H and O–H groups in total. The van der Waals surface area contributed by atoms with Crippen LogP contribution >= 0.6 is 11.6 Å². The molecule has 1 amide bonds. The van der Waals surface area contributed by atoms with Gasteiger partial charge in [0, 0.05) is 11.7 Å². The molecular formula is C16H24ClN3O.